The van der Waals surface area contributed by atoms with Gasteiger partial charge in [0.15, 0.2) is 4.90 Å². The van der Waals surface area contributed by atoms with Crippen LogP contribution in [0.5, 0.6) is 5.75 Å². The Hall–Kier alpha value is -1.89. The van der Waals surface area contributed by atoms with E-state index in [1.807, 2.05) is 24.3 Å². The van der Waals surface area contributed by atoms with Gasteiger partial charge in [0.25, 0.3) is 0 Å². The number of fused-ring (bicyclic) bond motifs is 1. The fourth-order valence-electron chi connectivity index (χ4n) is 1.61. The number of rotatable bonds is 1. The molecule has 0 heterocycles. The Labute approximate surface area is 122 Å². The van der Waals surface area contributed by atoms with E-state index in [1.165, 1.54) is 10.3 Å². The van der Waals surface area contributed by atoms with E-state index in [0.717, 1.165) is 5.39 Å². The molecule has 0 spiro atoms. The lowest BCUT2D eigenvalue weighted by atomic mass is 10.1. The highest BCUT2D eigenvalue weighted by molar-refractivity contribution is 7.95. The van der Waals surface area contributed by atoms with E-state index in [0.29, 0.717) is 5.75 Å². The topological polar surface area (TPSA) is 60.4 Å². The van der Waals surface area contributed by atoms with Gasteiger partial charge in [-0.05, 0) is 18.2 Å². The molecule has 0 aliphatic heterocycles. The minimum Gasteiger partial charge on any atom is -0.542 e. The second-order valence-electron chi connectivity index (χ2n) is 4.23. The molecule has 3 nitrogen and oxygen atoms in total. The minimum absolute atomic E-state index is 0.227. The van der Waals surface area contributed by atoms with Crippen molar-refractivity contribution in [1.29, 1.82) is 0 Å². The first-order valence-corrected chi connectivity index (χ1v) is 7.75. The number of phenols is 1. The van der Waals surface area contributed by atoms with Crippen LogP contribution in [-0.2, 0) is 15.7 Å². The van der Waals surface area contributed by atoms with Gasteiger partial charge in [0.1, 0.15) is 24.2 Å². The molecule has 0 aromatic heterocycles. The standard InChI is InChI=1S/C12H12OS.C2HF3O2/c1-14(2)12-8-7-11(13)9-5-3-4-6-10(9)12;3-2(4,5)1(6)7/h3-8H,1-2H3;(H,6,7). The molecule has 2 rings (SSSR count). The molecule has 2 aromatic carbocycles. The second-order valence-corrected chi connectivity index (χ2v) is 6.30. The van der Waals surface area contributed by atoms with E-state index >= 15 is 0 Å². The summed E-state index contributed by atoms with van der Waals surface area (Å²) in [5, 5.41) is 20.6. The summed E-state index contributed by atoms with van der Waals surface area (Å²) in [7, 11) is 0.227. The Kier molecular flexibility index (Phi) is 5.48. The van der Waals surface area contributed by atoms with Gasteiger partial charge in [-0.25, -0.2) is 0 Å². The van der Waals surface area contributed by atoms with Gasteiger partial charge in [-0.15, -0.1) is 0 Å². The summed E-state index contributed by atoms with van der Waals surface area (Å²) >= 11 is 0. The van der Waals surface area contributed by atoms with Crippen molar-refractivity contribution in [3.8, 4) is 5.75 Å². The second kappa shape index (κ2) is 6.71. The molecule has 0 saturated heterocycles. The lowest BCUT2D eigenvalue weighted by Crippen LogP contribution is -2.37. The van der Waals surface area contributed by atoms with Crippen LogP contribution in [0.3, 0.4) is 0 Å². The molecule has 114 valence electrons. The van der Waals surface area contributed by atoms with Crippen LogP contribution in [0.2, 0.25) is 0 Å². The first-order valence-electron chi connectivity index (χ1n) is 5.71. The molecule has 0 amide bonds. The molecule has 0 saturated carbocycles. The number of carbonyl (C=O) groups is 1. The van der Waals surface area contributed by atoms with Gasteiger partial charge in [0, 0.05) is 21.7 Å². The molecule has 0 unspecified atom stereocenters. The molecule has 0 aliphatic carbocycles. The number of hydrogen-bond acceptors (Lipinski definition) is 3. The van der Waals surface area contributed by atoms with Crippen LogP contribution in [0, 0.1) is 0 Å². The summed E-state index contributed by atoms with van der Waals surface area (Å²) in [5.41, 5.74) is 0. The quantitative estimate of drug-likeness (QED) is 0.819. The number of halogens is 3. The molecule has 21 heavy (non-hydrogen) atoms. The van der Waals surface area contributed by atoms with Crippen molar-refractivity contribution in [2.24, 2.45) is 0 Å². The Morgan fingerprint density at radius 2 is 1.57 bits per heavy atom. The molecule has 0 aliphatic rings. The highest BCUT2D eigenvalue weighted by Crippen LogP contribution is 2.29. The van der Waals surface area contributed by atoms with Gasteiger partial charge in [0.2, 0.25) is 0 Å². The molecule has 0 atom stereocenters. The molecule has 1 N–H and O–H groups in total. The number of phenolic OH excluding ortho intramolecular Hbond substituents is 1. The highest BCUT2D eigenvalue weighted by atomic mass is 32.2. The zero-order chi connectivity index (χ0) is 16.2. The van der Waals surface area contributed by atoms with E-state index in [2.05, 4.69) is 18.6 Å². The molecular formula is C14H13F3O3S. The number of carboxylic acids is 1. The number of carbonyl (C=O) groups excluding carboxylic acids is 1. The van der Waals surface area contributed by atoms with E-state index in [1.54, 1.807) is 6.07 Å². The monoisotopic (exact) mass is 318 g/mol. The van der Waals surface area contributed by atoms with Crippen LogP contribution >= 0.6 is 0 Å². The first-order chi connectivity index (χ1) is 9.64. The van der Waals surface area contributed by atoms with Gasteiger partial charge in [-0.1, -0.05) is 18.2 Å². The SMILES string of the molecule is C[S+](C)c1ccc(O)c2ccccc12.O=C([O-])C(F)(F)F. The van der Waals surface area contributed by atoms with Gasteiger partial charge in [-0.2, -0.15) is 13.2 Å². The van der Waals surface area contributed by atoms with Crippen molar-refractivity contribution >= 4 is 27.6 Å². The van der Waals surface area contributed by atoms with Crippen LogP contribution in [0.1, 0.15) is 0 Å². The van der Waals surface area contributed by atoms with E-state index in [-0.39, 0.29) is 10.9 Å². The predicted molar refractivity (Wildman–Crippen MR) is 74.2 cm³/mol. The maximum Gasteiger partial charge on any atom is 0.430 e. The van der Waals surface area contributed by atoms with Gasteiger partial charge >= 0.3 is 6.18 Å². The highest BCUT2D eigenvalue weighted by Gasteiger charge is 2.28. The van der Waals surface area contributed by atoms with Gasteiger partial charge in [-0.3, -0.25) is 0 Å². The maximum absolute atomic E-state index is 10.5. The average Bonchev–Trinajstić information content (AvgIpc) is 2.38. The Balaban J connectivity index is 0.000000270. The molecule has 7 heteroatoms. The summed E-state index contributed by atoms with van der Waals surface area (Å²) in [4.78, 5) is 10.1. The van der Waals surface area contributed by atoms with Crippen molar-refractivity contribution < 1.29 is 28.2 Å². The molecular weight excluding hydrogens is 305 g/mol. The fraction of sp³-hybridized carbons (Fsp3) is 0.214. The van der Waals surface area contributed by atoms with E-state index < -0.39 is 12.1 Å². The van der Waals surface area contributed by atoms with E-state index in [9.17, 15) is 18.3 Å². The number of aliphatic carboxylic acids is 1. The largest absolute Gasteiger partial charge is 0.542 e. The Bertz CT molecular complexity index is 639. The van der Waals surface area contributed by atoms with Crippen LogP contribution in [0.25, 0.3) is 10.8 Å². The van der Waals surface area contributed by atoms with Crippen molar-refractivity contribution in [2.75, 3.05) is 12.5 Å². The fourth-order valence-corrected chi connectivity index (χ4v) is 2.57. The molecule has 2 aromatic rings. The Morgan fingerprint density at radius 1 is 1.10 bits per heavy atom. The zero-order valence-electron chi connectivity index (χ0n) is 11.3. The average molecular weight is 318 g/mol. The van der Waals surface area contributed by atoms with Crippen molar-refractivity contribution in [3.05, 3.63) is 36.4 Å². The molecule has 0 fully saturated rings. The zero-order valence-corrected chi connectivity index (χ0v) is 12.1. The minimum atomic E-state index is -5.19. The molecule has 0 bridgehead atoms. The third-order valence-corrected chi connectivity index (χ3v) is 3.77. The summed E-state index contributed by atoms with van der Waals surface area (Å²) in [6.07, 6.45) is -0.808. The van der Waals surface area contributed by atoms with Crippen LogP contribution in [-0.4, -0.2) is 29.8 Å². The third-order valence-electron chi connectivity index (χ3n) is 2.53. The van der Waals surface area contributed by atoms with Crippen molar-refractivity contribution in [1.82, 2.24) is 0 Å². The van der Waals surface area contributed by atoms with Crippen molar-refractivity contribution in [3.63, 3.8) is 0 Å². The maximum atomic E-state index is 10.5. The van der Waals surface area contributed by atoms with Crippen LogP contribution in [0.15, 0.2) is 41.3 Å². The Morgan fingerprint density at radius 3 is 2.00 bits per heavy atom. The lowest BCUT2D eigenvalue weighted by molar-refractivity contribution is -0.344. The van der Waals surface area contributed by atoms with Crippen LogP contribution < -0.4 is 5.11 Å². The van der Waals surface area contributed by atoms with Gasteiger partial charge in [0.05, 0.1) is 0 Å². The summed E-state index contributed by atoms with van der Waals surface area (Å²) < 4.78 is 31.5. The number of aromatic hydroxyl groups is 1. The smallest absolute Gasteiger partial charge is 0.430 e. The van der Waals surface area contributed by atoms with Crippen molar-refractivity contribution in [2.45, 2.75) is 11.1 Å². The number of hydrogen-bond donors (Lipinski definition) is 1. The lowest BCUT2D eigenvalue weighted by Gasteiger charge is -2.04. The molecule has 0 radical (unpaired) electrons. The van der Waals surface area contributed by atoms with Crippen LogP contribution in [0.4, 0.5) is 13.2 Å². The normalized spacial score (nSPS) is 11.1. The first kappa shape index (κ1) is 17.2. The van der Waals surface area contributed by atoms with Gasteiger partial charge < -0.3 is 15.0 Å². The van der Waals surface area contributed by atoms with E-state index in [4.69, 9.17) is 9.90 Å². The summed E-state index contributed by atoms with van der Waals surface area (Å²) in [5.74, 6) is -2.64. The summed E-state index contributed by atoms with van der Waals surface area (Å²) in [6, 6.07) is 11.8. The number of alkyl halides is 3. The number of carboxylic acid groups (broad SMARTS) is 1. The number of benzene rings is 2. The third kappa shape index (κ3) is 4.56. The predicted octanol–water partition coefficient (Wildman–Crippen LogP) is 2.08. The summed E-state index contributed by atoms with van der Waals surface area (Å²) in [6.45, 7) is 0.